The Kier molecular flexibility index (Phi) is 17.7. The maximum atomic E-state index is 3.09. The van der Waals surface area contributed by atoms with Crippen LogP contribution in [0.25, 0.3) is 0 Å². The number of nitrogens with zero attached hydrogens (tertiary/aromatic N) is 2. The summed E-state index contributed by atoms with van der Waals surface area (Å²) in [5.41, 5.74) is 0. The summed E-state index contributed by atoms with van der Waals surface area (Å²) < 4.78 is 3.09. The summed E-state index contributed by atoms with van der Waals surface area (Å²) in [6.45, 7) is 7.61. The van der Waals surface area contributed by atoms with E-state index in [1.54, 1.807) is 11.9 Å². The summed E-state index contributed by atoms with van der Waals surface area (Å²) in [6, 6.07) is 0. The average molecular weight is 249 g/mol. The van der Waals surface area contributed by atoms with E-state index in [4.69, 9.17) is 0 Å². The molecule has 0 radical (unpaired) electrons. The highest BCUT2D eigenvalue weighted by Crippen LogP contribution is 1.97. The zero-order valence-electron chi connectivity index (χ0n) is 12.0. The van der Waals surface area contributed by atoms with E-state index in [0.29, 0.717) is 0 Å². The van der Waals surface area contributed by atoms with E-state index in [-0.39, 0.29) is 0 Å². The summed E-state index contributed by atoms with van der Waals surface area (Å²) in [5.74, 6) is 1.20. The Balaban J connectivity index is 0. The van der Waals surface area contributed by atoms with Crippen LogP contribution in [0.4, 0.5) is 0 Å². The molecule has 0 aliphatic carbocycles. The van der Waals surface area contributed by atoms with E-state index >= 15 is 0 Å². The van der Waals surface area contributed by atoms with Crippen molar-refractivity contribution in [3.05, 3.63) is 0 Å². The van der Waals surface area contributed by atoms with Gasteiger partial charge in [-0.2, -0.15) is 0 Å². The molecule has 0 saturated heterocycles. The van der Waals surface area contributed by atoms with Crippen molar-refractivity contribution in [3.8, 4) is 0 Å². The number of nitrogens with one attached hydrogen (secondary N) is 1. The van der Waals surface area contributed by atoms with Crippen LogP contribution < -0.4 is 4.72 Å². The van der Waals surface area contributed by atoms with E-state index in [0.717, 1.165) is 0 Å². The first-order valence-electron chi connectivity index (χ1n) is 6.28. The fourth-order valence-corrected chi connectivity index (χ4v) is 1.75. The monoisotopic (exact) mass is 249 g/mol. The molecular weight excluding hydrogens is 218 g/mol. The molecule has 0 aromatic heterocycles. The summed E-state index contributed by atoms with van der Waals surface area (Å²) in [7, 11) is 8.44. The second kappa shape index (κ2) is 15.2. The predicted octanol–water partition coefficient (Wildman–Crippen LogP) is 2.15. The van der Waals surface area contributed by atoms with Crippen molar-refractivity contribution in [1.82, 2.24) is 14.5 Å². The van der Waals surface area contributed by atoms with Crippen LogP contribution in [0.5, 0.6) is 0 Å². The molecule has 0 aliphatic rings. The van der Waals surface area contributed by atoms with Gasteiger partial charge in [0, 0.05) is 5.75 Å². The van der Waals surface area contributed by atoms with Crippen LogP contribution >= 0.6 is 11.9 Å². The molecule has 0 unspecified atom stereocenters. The largest absolute Gasteiger partial charge is 0.309 e. The molecule has 0 fully saturated rings. The maximum absolute atomic E-state index is 3.09. The van der Waals surface area contributed by atoms with E-state index in [2.05, 4.69) is 35.7 Å². The molecule has 3 nitrogen and oxygen atoms in total. The van der Waals surface area contributed by atoms with Gasteiger partial charge >= 0.3 is 0 Å². The Labute approximate surface area is 107 Å². The molecule has 0 saturated carbocycles. The molecule has 0 aromatic rings. The highest BCUT2D eigenvalue weighted by atomic mass is 32.2. The molecule has 4 heteroatoms. The standard InChI is InChI=1S/C10H25N3S.C2H6/c1-11-14-10-6-9-13(4)8-5-7-12(2)3;1-2/h11H,5-10H2,1-4H3;1-2H3. The fraction of sp³-hybridized carbons (Fsp3) is 1.00. The average Bonchev–Trinajstić information content (AvgIpc) is 2.27. The number of hydrogen-bond acceptors (Lipinski definition) is 4. The van der Waals surface area contributed by atoms with Crippen LogP contribution in [0.1, 0.15) is 26.7 Å². The van der Waals surface area contributed by atoms with Crippen molar-refractivity contribution in [1.29, 1.82) is 0 Å². The maximum Gasteiger partial charge on any atom is 0.00907 e. The van der Waals surface area contributed by atoms with Gasteiger partial charge in [-0.15, -0.1) is 0 Å². The van der Waals surface area contributed by atoms with Crippen molar-refractivity contribution in [2.75, 3.05) is 53.6 Å². The molecular formula is C12H31N3S. The van der Waals surface area contributed by atoms with Gasteiger partial charge in [0.1, 0.15) is 0 Å². The molecule has 100 valence electrons. The quantitative estimate of drug-likeness (QED) is 0.498. The third-order valence-corrected chi connectivity index (χ3v) is 2.86. The minimum absolute atomic E-state index is 1.19. The Morgan fingerprint density at radius 3 is 2.00 bits per heavy atom. The summed E-state index contributed by atoms with van der Waals surface area (Å²) >= 11 is 1.79. The van der Waals surface area contributed by atoms with Gasteiger partial charge in [0.15, 0.2) is 0 Å². The normalized spacial score (nSPS) is 10.5. The molecule has 0 amide bonds. The Morgan fingerprint density at radius 2 is 1.50 bits per heavy atom. The van der Waals surface area contributed by atoms with Crippen LogP contribution in [0, 0.1) is 0 Å². The van der Waals surface area contributed by atoms with Gasteiger partial charge in [-0.1, -0.05) is 25.8 Å². The molecule has 0 aromatic carbocycles. The van der Waals surface area contributed by atoms with Crippen LogP contribution in [-0.4, -0.2) is 63.4 Å². The lowest BCUT2D eigenvalue weighted by atomic mass is 10.3. The summed E-state index contributed by atoms with van der Waals surface area (Å²) in [5, 5.41) is 0. The second-order valence-electron chi connectivity index (χ2n) is 3.87. The van der Waals surface area contributed by atoms with Gasteiger partial charge in [-0.05, 0) is 60.7 Å². The Hall–Kier alpha value is 0.230. The highest BCUT2D eigenvalue weighted by molar-refractivity contribution is 7.97. The minimum atomic E-state index is 1.19. The summed E-state index contributed by atoms with van der Waals surface area (Å²) in [4.78, 5) is 4.66. The van der Waals surface area contributed by atoms with Crippen molar-refractivity contribution in [2.45, 2.75) is 26.7 Å². The molecule has 0 rings (SSSR count). The molecule has 16 heavy (non-hydrogen) atoms. The molecule has 0 aliphatic heterocycles. The molecule has 0 heterocycles. The minimum Gasteiger partial charge on any atom is -0.309 e. The lowest BCUT2D eigenvalue weighted by Gasteiger charge is -2.17. The van der Waals surface area contributed by atoms with Crippen LogP contribution in [0.15, 0.2) is 0 Å². The van der Waals surface area contributed by atoms with Crippen molar-refractivity contribution in [3.63, 3.8) is 0 Å². The fourth-order valence-electron chi connectivity index (χ4n) is 1.28. The molecule has 1 N–H and O–H groups in total. The van der Waals surface area contributed by atoms with E-state index in [1.165, 1.54) is 38.2 Å². The predicted molar refractivity (Wildman–Crippen MR) is 78.2 cm³/mol. The third-order valence-electron chi connectivity index (χ3n) is 2.08. The zero-order valence-corrected chi connectivity index (χ0v) is 12.9. The zero-order chi connectivity index (χ0) is 12.8. The van der Waals surface area contributed by atoms with E-state index in [9.17, 15) is 0 Å². The van der Waals surface area contributed by atoms with Gasteiger partial charge < -0.3 is 9.80 Å². The highest BCUT2D eigenvalue weighted by Gasteiger charge is 1.98. The second-order valence-corrected chi connectivity index (χ2v) is 4.97. The topological polar surface area (TPSA) is 18.5 Å². The summed E-state index contributed by atoms with van der Waals surface area (Å²) in [6.07, 6.45) is 2.53. The first-order chi connectivity index (χ1) is 7.66. The number of rotatable bonds is 9. The number of hydrogen-bond donors (Lipinski definition) is 1. The first-order valence-corrected chi connectivity index (χ1v) is 7.27. The van der Waals surface area contributed by atoms with Crippen molar-refractivity contribution in [2.24, 2.45) is 0 Å². The molecule has 0 atom stereocenters. The van der Waals surface area contributed by atoms with Crippen LogP contribution in [0.3, 0.4) is 0 Å². The van der Waals surface area contributed by atoms with E-state index in [1.807, 2.05) is 20.9 Å². The molecule has 0 spiro atoms. The Morgan fingerprint density at radius 1 is 0.938 bits per heavy atom. The lowest BCUT2D eigenvalue weighted by Crippen LogP contribution is -2.25. The lowest BCUT2D eigenvalue weighted by molar-refractivity contribution is 0.301. The van der Waals surface area contributed by atoms with Gasteiger partial charge in [0.05, 0.1) is 0 Å². The van der Waals surface area contributed by atoms with Gasteiger partial charge in [-0.25, -0.2) is 0 Å². The van der Waals surface area contributed by atoms with E-state index < -0.39 is 0 Å². The molecule has 0 bridgehead atoms. The van der Waals surface area contributed by atoms with Crippen molar-refractivity contribution >= 4 is 11.9 Å². The first kappa shape index (κ1) is 18.6. The van der Waals surface area contributed by atoms with Gasteiger partial charge in [0.2, 0.25) is 0 Å². The van der Waals surface area contributed by atoms with Crippen LogP contribution in [0.2, 0.25) is 0 Å². The van der Waals surface area contributed by atoms with Crippen LogP contribution in [-0.2, 0) is 0 Å². The Bertz CT molecular complexity index is 121. The SMILES string of the molecule is CC.CNSCCCN(C)CCCN(C)C. The van der Waals surface area contributed by atoms with Gasteiger partial charge in [-0.3, -0.25) is 4.72 Å². The van der Waals surface area contributed by atoms with Crippen molar-refractivity contribution < 1.29 is 0 Å². The van der Waals surface area contributed by atoms with Gasteiger partial charge in [0.25, 0.3) is 0 Å². The smallest absolute Gasteiger partial charge is 0.00907 e. The third kappa shape index (κ3) is 16.7.